The largest absolute Gasteiger partial charge is 0.482 e. The number of carbonyl (C=O) groups is 1. The minimum Gasteiger partial charge on any atom is -0.482 e. The molecule has 1 amide bonds. The number of amides is 1. The number of nitrogens with zero attached hydrogens (tertiary/aromatic N) is 3. The molecule has 110 valence electrons. The van der Waals surface area contributed by atoms with E-state index >= 15 is 0 Å². The lowest BCUT2D eigenvalue weighted by molar-refractivity contribution is -0.133. The molecule has 0 bridgehead atoms. The van der Waals surface area contributed by atoms with Gasteiger partial charge in [0.2, 0.25) is 0 Å². The monoisotopic (exact) mass is 285 g/mol. The first-order chi connectivity index (χ1) is 10.1. The third-order valence-corrected chi connectivity index (χ3v) is 2.79. The Hall–Kier alpha value is -2.53. The van der Waals surface area contributed by atoms with Crippen LogP contribution in [0.25, 0.3) is 0 Å². The maximum atomic E-state index is 12.2. The summed E-state index contributed by atoms with van der Waals surface area (Å²) in [6, 6.07) is 10.9. The van der Waals surface area contributed by atoms with Crippen LogP contribution in [0.1, 0.15) is 25.8 Å². The Balaban J connectivity index is 2.65. The Bertz CT molecular complexity index is 555. The number of rotatable bonds is 7. The molecule has 5 heteroatoms. The fourth-order valence-corrected chi connectivity index (χ4v) is 1.86. The van der Waals surface area contributed by atoms with Gasteiger partial charge in [0.25, 0.3) is 5.91 Å². The second kappa shape index (κ2) is 8.60. The molecule has 0 heterocycles. The first-order valence-electron chi connectivity index (χ1n) is 6.85. The number of ether oxygens (including phenoxy) is 1. The van der Waals surface area contributed by atoms with Crippen LogP contribution in [0.5, 0.6) is 5.75 Å². The van der Waals surface area contributed by atoms with E-state index in [1.807, 2.05) is 26.0 Å². The van der Waals surface area contributed by atoms with E-state index in [2.05, 4.69) is 0 Å². The van der Waals surface area contributed by atoms with Crippen LogP contribution in [0.15, 0.2) is 24.3 Å². The molecule has 0 saturated carbocycles. The Kier molecular flexibility index (Phi) is 6.77. The van der Waals surface area contributed by atoms with Crippen molar-refractivity contribution in [3.8, 4) is 17.9 Å². The van der Waals surface area contributed by atoms with Crippen molar-refractivity contribution in [2.45, 2.75) is 20.3 Å². The molecule has 0 radical (unpaired) electrons. The van der Waals surface area contributed by atoms with Gasteiger partial charge in [-0.25, -0.2) is 0 Å². The van der Waals surface area contributed by atoms with E-state index < -0.39 is 0 Å². The fourth-order valence-electron chi connectivity index (χ4n) is 1.86. The summed E-state index contributed by atoms with van der Waals surface area (Å²) < 4.78 is 5.44. The summed E-state index contributed by atoms with van der Waals surface area (Å²) in [4.78, 5) is 13.8. The molecule has 0 spiro atoms. The van der Waals surface area contributed by atoms with Crippen LogP contribution in [0, 0.1) is 28.6 Å². The molecule has 1 aromatic rings. The maximum Gasteiger partial charge on any atom is 0.260 e. The lowest BCUT2D eigenvalue weighted by atomic mass is 10.2. The summed E-state index contributed by atoms with van der Waals surface area (Å²) in [6.07, 6.45) is 0.299. The molecule has 5 nitrogen and oxygen atoms in total. The molecule has 0 N–H and O–H groups in total. The molecular formula is C16H19N3O2. The van der Waals surface area contributed by atoms with Crippen LogP contribution >= 0.6 is 0 Å². The first-order valence-corrected chi connectivity index (χ1v) is 6.85. The van der Waals surface area contributed by atoms with Gasteiger partial charge in [-0.3, -0.25) is 4.79 Å². The van der Waals surface area contributed by atoms with Crippen LogP contribution in [0.4, 0.5) is 0 Å². The smallest absolute Gasteiger partial charge is 0.260 e. The quantitative estimate of drug-likeness (QED) is 0.770. The molecule has 0 aromatic heterocycles. The van der Waals surface area contributed by atoms with Crippen molar-refractivity contribution in [2.75, 3.05) is 19.7 Å². The van der Waals surface area contributed by atoms with E-state index in [1.165, 1.54) is 0 Å². The number of hydrogen-bond donors (Lipinski definition) is 0. The van der Waals surface area contributed by atoms with Gasteiger partial charge in [-0.05, 0) is 18.1 Å². The summed E-state index contributed by atoms with van der Waals surface area (Å²) in [5, 5.41) is 17.6. The van der Waals surface area contributed by atoms with Crippen LogP contribution in [-0.2, 0) is 4.79 Å². The molecular weight excluding hydrogens is 266 g/mol. The Morgan fingerprint density at radius 1 is 1.33 bits per heavy atom. The highest BCUT2D eigenvalue weighted by Crippen LogP contribution is 2.16. The normalized spacial score (nSPS) is 9.76. The Morgan fingerprint density at radius 2 is 2.05 bits per heavy atom. The molecule has 0 aliphatic carbocycles. The highest BCUT2D eigenvalue weighted by atomic mass is 16.5. The van der Waals surface area contributed by atoms with E-state index in [0.29, 0.717) is 36.7 Å². The minimum absolute atomic E-state index is 0.128. The predicted molar refractivity (Wildman–Crippen MR) is 78.3 cm³/mol. The molecule has 1 rings (SSSR count). The standard InChI is InChI=1S/C16H19N3O2/c1-13(2)11-19(9-5-8-17)16(20)12-21-15-7-4-3-6-14(15)10-18/h3-4,6-7,13H,5,9,11-12H2,1-2H3. The van der Waals surface area contributed by atoms with E-state index in [-0.39, 0.29) is 12.5 Å². The molecule has 0 unspecified atom stereocenters. The number of benzene rings is 1. The van der Waals surface area contributed by atoms with Gasteiger partial charge in [0.15, 0.2) is 6.61 Å². The zero-order valence-electron chi connectivity index (χ0n) is 12.4. The van der Waals surface area contributed by atoms with Crippen LogP contribution in [0.2, 0.25) is 0 Å². The summed E-state index contributed by atoms with van der Waals surface area (Å²) in [6.45, 7) is 4.88. The van der Waals surface area contributed by atoms with Crippen LogP contribution in [0.3, 0.4) is 0 Å². The summed E-state index contributed by atoms with van der Waals surface area (Å²) >= 11 is 0. The molecule has 0 aliphatic rings. The van der Waals surface area contributed by atoms with Crippen molar-refractivity contribution >= 4 is 5.91 Å². The van der Waals surface area contributed by atoms with Gasteiger partial charge in [-0.1, -0.05) is 26.0 Å². The van der Waals surface area contributed by atoms with Crippen LogP contribution < -0.4 is 4.74 Å². The van der Waals surface area contributed by atoms with E-state index in [1.54, 1.807) is 29.2 Å². The average molecular weight is 285 g/mol. The van der Waals surface area contributed by atoms with Gasteiger partial charge >= 0.3 is 0 Å². The van der Waals surface area contributed by atoms with Gasteiger partial charge in [0.1, 0.15) is 11.8 Å². The third-order valence-electron chi connectivity index (χ3n) is 2.79. The topological polar surface area (TPSA) is 77.1 Å². The van der Waals surface area contributed by atoms with Gasteiger partial charge in [0.05, 0.1) is 18.1 Å². The van der Waals surface area contributed by atoms with Crippen molar-refractivity contribution in [3.63, 3.8) is 0 Å². The predicted octanol–water partition coefficient (Wildman–Crippen LogP) is 2.34. The molecule has 0 atom stereocenters. The van der Waals surface area contributed by atoms with Crippen molar-refractivity contribution < 1.29 is 9.53 Å². The van der Waals surface area contributed by atoms with Gasteiger partial charge in [0, 0.05) is 13.1 Å². The molecule has 0 aliphatic heterocycles. The highest BCUT2D eigenvalue weighted by Gasteiger charge is 2.16. The zero-order chi connectivity index (χ0) is 15.7. The third kappa shape index (κ3) is 5.54. The van der Waals surface area contributed by atoms with E-state index in [0.717, 1.165) is 0 Å². The molecule has 1 aromatic carbocycles. The van der Waals surface area contributed by atoms with E-state index in [4.69, 9.17) is 15.3 Å². The summed E-state index contributed by atoms with van der Waals surface area (Å²) in [7, 11) is 0. The minimum atomic E-state index is -0.174. The number of nitriles is 2. The SMILES string of the molecule is CC(C)CN(CCC#N)C(=O)COc1ccccc1C#N. The Labute approximate surface area is 125 Å². The van der Waals surface area contributed by atoms with Gasteiger partial charge in [-0.15, -0.1) is 0 Å². The molecule has 0 fully saturated rings. The van der Waals surface area contributed by atoms with Crippen molar-refractivity contribution in [1.29, 1.82) is 10.5 Å². The average Bonchev–Trinajstić information content (AvgIpc) is 2.48. The van der Waals surface area contributed by atoms with Crippen molar-refractivity contribution in [2.24, 2.45) is 5.92 Å². The number of carbonyl (C=O) groups excluding carboxylic acids is 1. The fraction of sp³-hybridized carbons (Fsp3) is 0.438. The van der Waals surface area contributed by atoms with Crippen LogP contribution in [-0.4, -0.2) is 30.5 Å². The van der Waals surface area contributed by atoms with Crippen molar-refractivity contribution in [3.05, 3.63) is 29.8 Å². The molecule has 0 saturated heterocycles. The van der Waals surface area contributed by atoms with Crippen molar-refractivity contribution in [1.82, 2.24) is 4.90 Å². The second-order valence-corrected chi connectivity index (χ2v) is 5.04. The maximum absolute atomic E-state index is 12.2. The summed E-state index contributed by atoms with van der Waals surface area (Å²) in [5.41, 5.74) is 0.401. The number of hydrogen-bond acceptors (Lipinski definition) is 4. The van der Waals surface area contributed by atoms with Gasteiger partial charge in [-0.2, -0.15) is 10.5 Å². The molecule has 21 heavy (non-hydrogen) atoms. The lowest BCUT2D eigenvalue weighted by Gasteiger charge is -2.23. The van der Waals surface area contributed by atoms with E-state index in [9.17, 15) is 4.79 Å². The second-order valence-electron chi connectivity index (χ2n) is 5.04. The highest BCUT2D eigenvalue weighted by molar-refractivity contribution is 5.77. The zero-order valence-corrected chi connectivity index (χ0v) is 12.4. The summed E-state index contributed by atoms with van der Waals surface area (Å²) in [5.74, 6) is 0.545. The Morgan fingerprint density at radius 3 is 2.67 bits per heavy atom. The number of para-hydroxylation sites is 1. The van der Waals surface area contributed by atoms with Gasteiger partial charge < -0.3 is 9.64 Å². The first kappa shape index (κ1) is 16.5. The lowest BCUT2D eigenvalue weighted by Crippen LogP contribution is -2.38.